The van der Waals surface area contributed by atoms with E-state index in [1.807, 2.05) is 0 Å². The molecule has 3 rings (SSSR count). The van der Waals surface area contributed by atoms with Gasteiger partial charge in [-0.3, -0.25) is 0 Å². The number of fused-ring (bicyclic) bond motifs is 5. The van der Waals surface area contributed by atoms with Crippen LogP contribution in [-0.2, 0) is 0 Å². The van der Waals surface area contributed by atoms with Gasteiger partial charge in [0, 0.05) is 0 Å². The fourth-order valence-electron chi connectivity index (χ4n) is 6.08. The van der Waals surface area contributed by atoms with E-state index in [2.05, 4.69) is 13.8 Å². The van der Waals surface area contributed by atoms with Crippen molar-refractivity contribution in [3.05, 3.63) is 0 Å². The molecule has 3 fully saturated rings. The molecule has 3 aliphatic carbocycles. The lowest BCUT2D eigenvalue weighted by Crippen LogP contribution is -2.46. The van der Waals surface area contributed by atoms with Crippen molar-refractivity contribution in [2.45, 2.75) is 71.3 Å². The summed E-state index contributed by atoms with van der Waals surface area (Å²) in [5, 5.41) is 10.8. The van der Waals surface area contributed by atoms with Crippen LogP contribution in [0.15, 0.2) is 0 Å². The zero-order chi connectivity index (χ0) is 12.0. The molecule has 1 heteroatoms. The van der Waals surface area contributed by atoms with E-state index < -0.39 is 0 Å². The molecule has 0 aromatic carbocycles. The maximum absolute atomic E-state index is 10.8. The van der Waals surface area contributed by atoms with Gasteiger partial charge in [-0.1, -0.05) is 33.1 Å². The summed E-state index contributed by atoms with van der Waals surface area (Å²) < 4.78 is 0. The molecular weight excluding hydrogens is 208 g/mol. The second-order valence-electron chi connectivity index (χ2n) is 6.94. The zero-order valence-electron chi connectivity index (χ0n) is 11.5. The van der Waals surface area contributed by atoms with Crippen molar-refractivity contribution in [3.63, 3.8) is 0 Å². The lowest BCUT2D eigenvalue weighted by Gasteiger charge is -2.46. The van der Waals surface area contributed by atoms with Crippen LogP contribution >= 0.6 is 0 Å². The van der Waals surface area contributed by atoms with Crippen LogP contribution in [0.1, 0.15) is 65.2 Å². The lowest BCUT2D eigenvalue weighted by atomic mass is 9.60. The van der Waals surface area contributed by atoms with Crippen molar-refractivity contribution < 1.29 is 5.11 Å². The third-order valence-corrected chi connectivity index (χ3v) is 6.38. The van der Waals surface area contributed by atoms with E-state index in [1.165, 1.54) is 51.4 Å². The number of aliphatic hydroxyl groups is 1. The smallest absolute Gasteiger partial charge is 0.0630 e. The first-order valence-corrected chi connectivity index (χ1v) is 7.92. The maximum Gasteiger partial charge on any atom is 0.0630 e. The minimum atomic E-state index is 0.0340. The van der Waals surface area contributed by atoms with Crippen LogP contribution in [0, 0.1) is 29.1 Å². The summed E-state index contributed by atoms with van der Waals surface area (Å²) in [5.41, 5.74) is 0.319. The molecule has 3 aliphatic rings. The molecule has 17 heavy (non-hydrogen) atoms. The van der Waals surface area contributed by atoms with Gasteiger partial charge in [0.05, 0.1) is 6.10 Å². The largest absolute Gasteiger partial charge is 0.392 e. The van der Waals surface area contributed by atoms with E-state index in [-0.39, 0.29) is 6.10 Å². The first-order chi connectivity index (χ1) is 8.24. The summed E-state index contributed by atoms with van der Waals surface area (Å²) in [6, 6.07) is 0. The third kappa shape index (κ3) is 1.47. The standard InChI is InChI=1S/C16H28O/c1-3-8-16(9-4-2)14-10-13(15(16)17)11-6-5-7-12(11)14/h11-15,17H,3-10H2,1-2H3. The predicted molar refractivity (Wildman–Crippen MR) is 70.7 cm³/mol. The Morgan fingerprint density at radius 3 is 2.29 bits per heavy atom. The van der Waals surface area contributed by atoms with Crippen LogP contribution in [0.25, 0.3) is 0 Å². The Labute approximate surface area is 106 Å². The normalized spacial score (nSPS) is 46.4. The Morgan fingerprint density at radius 1 is 1.00 bits per heavy atom. The quantitative estimate of drug-likeness (QED) is 0.782. The Balaban J connectivity index is 1.89. The minimum absolute atomic E-state index is 0.0340. The Kier molecular flexibility index (Phi) is 3.01. The van der Waals surface area contributed by atoms with Gasteiger partial charge in [0.15, 0.2) is 0 Å². The van der Waals surface area contributed by atoms with E-state index >= 15 is 0 Å². The fraction of sp³-hybridized carbons (Fsp3) is 1.00. The lowest BCUT2D eigenvalue weighted by molar-refractivity contribution is -0.0707. The van der Waals surface area contributed by atoms with Gasteiger partial charge in [-0.25, -0.2) is 0 Å². The van der Waals surface area contributed by atoms with Crippen molar-refractivity contribution >= 4 is 0 Å². The summed E-state index contributed by atoms with van der Waals surface area (Å²) in [6.45, 7) is 4.59. The number of aliphatic hydroxyl groups excluding tert-OH is 1. The summed E-state index contributed by atoms with van der Waals surface area (Å²) in [7, 11) is 0. The van der Waals surface area contributed by atoms with Gasteiger partial charge in [-0.2, -0.15) is 0 Å². The van der Waals surface area contributed by atoms with Crippen LogP contribution in [0.2, 0.25) is 0 Å². The predicted octanol–water partition coefficient (Wildman–Crippen LogP) is 4.00. The molecule has 2 bridgehead atoms. The second kappa shape index (κ2) is 4.26. The van der Waals surface area contributed by atoms with Crippen LogP contribution < -0.4 is 0 Å². The van der Waals surface area contributed by atoms with Crippen molar-refractivity contribution in [1.82, 2.24) is 0 Å². The molecule has 1 N–H and O–H groups in total. The topological polar surface area (TPSA) is 20.2 Å². The molecule has 1 nitrogen and oxygen atoms in total. The van der Waals surface area contributed by atoms with Crippen LogP contribution in [-0.4, -0.2) is 11.2 Å². The average molecular weight is 236 g/mol. The molecule has 0 spiro atoms. The second-order valence-corrected chi connectivity index (χ2v) is 6.94. The minimum Gasteiger partial charge on any atom is -0.392 e. The summed E-state index contributed by atoms with van der Waals surface area (Å²) in [5.74, 6) is 3.43. The highest BCUT2D eigenvalue weighted by molar-refractivity contribution is 5.13. The van der Waals surface area contributed by atoms with E-state index in [0.717, 1.165) is 17.8 Å². The Bertz CT molecular complexity index is 279. The molecule has 0 aromatic heterocycles. The van der Waals surface area contributed by atoms with Gasteiger partial charge >= 0.3 is 0 Å². The first-order valence-electron chi connectivity index (χ1n) is 7.92. The number of hydrogen-bond donors (Lipinski definition) is 1. The van der Waals surface area contributed by atoms with Gasteiger partial charge < -0.3 is 5.11 Å². The highest BCUT2D eigenvalue weighted by Crippen LogP contribution is 2.68. The highest BCUT2D eigenvalue weighted by Gasteiger charge is 2.64. The van der Waals surface area contributed by atoms with Crippen molar-refractivity contribution in [2.24, 2.45) is 29.1 Å². The molecule has 0 heterocycles. The van der Waals surface area contributed by atoms with Crippen LogP contribution in [0.3, 0.4) is 0 Å². The fourth-order valence-corrected chi connectivity index (χ4v) is 6.08. The molecule has 98 valence electrons. The van der Waals surface area contributed by atoms with Crippen molar-refractivity contribution in [2.75, 3.05) is 0 Å². The zero-order valence-corrected chi connectivity index (χ0v) is 11.5. The molecule has 0 aromatic rings. The number of rotatable bonds is 4. The maximum atomic E-state index is 10.8. The highest BCUT2D eigenvalue weighted by atomic mass is 16.3. The first kappa shape index (κ1) is 12.0. The van der Waals surface area contributed by atoms with Crippen molar-refractivity contribution in [1.29, 1.82) is 0 Å². The molecule has 5 atom stereocenters. The molecule has 3 saturated carbocycles. The summed E-state index contributed by atoms with van der Waals surface area (Å²) in [6.07, 6.45) is 10.7. The monoisotopic (exact) mass is 236 g/mol. The summed E-state index contributed by atoms with van der Waals surface area (Å²) in [4.78, 5) is 0. The van der Waals surface area contributed by atoms with Gasteiger partial charge in [-0.05, 0) is 61.2 Å². The van der Waals surface area contributed by atoms with E-state index in [9.17, 15) is 5.11 Å². The van der Waals surface area contributed by atoms with Gasteiger partial charge in [0.2, 0.25) is 0 Å². The van der Waals surface area contributed by atoms with Crippen molar-refractivity contribution in [3.8, 4) is 0 Å². The van der Waals surface area contributed by atoms with Crippen LogP contribution in [0.5, 0.6) is 0 Å². The SMILES string of the molecule is CCCC1(CCC)C(O)C2CC1C1CCCC21. The van der Waals surface area contributed by atoms with Gasteiger partial charge in [0.1, 0.15) is 0 Å². The third-order valence-electron chi connectivity index (χ3n) is 6.38. The Morgan fingerprint density at radius 2 is 1.65 bits per heavy atom. The molecular formula is C16H28O. The Hall–Kier alpha value is -0.0400. The molecule has 5 unspecified atom stereocenters. The molecule has 0 radical (unpaired) electrons. The molecule has 0 saturated heterocycles. The summed E-state index contributed by atoms with van der Waals surface area (Å²) >= 11 is 0. The number of hydrogen-bond acceptors (Lipinski definition) is 1. The van der Waals surface area contributed by atoms with E-state index in [0.29, 0.717) is 11.3 Å². The van der Waals surface area contributed by atoms with Gasteiger partial charge in [-0.15, -0.1) is 0 Å². The van der Waals surface area contributed by atoms with Gasteiger partial charge in [0.25, 0.3) is 0 Å². The van der Waals surface area contributed by atoms with Crippen LogP contribution in [0.4, 0.5) is 0 Å². The van der Waals surface area contributed by atoms with E-state index in [4.69, 9.17) is 0 Å². The molecule has 0 aliphatic heterocycles. The van der Waals surface area contributed by atoms with E-state index in [1.54, 1.807) is 0 Å². The molecule has 0 amide bonds. The average Bonchev–Trinajstić information content (AvgIpc) is 2.93.